The summed E-state index contributed by atoms with van der Waals surface area (Å²) in [6.45, 7) is -2.71. The van der Waals surface area contributed by atoms with Crippen LogP contribution in [0.15, 0.2) is 189 Å². The average Bonchev–Trinajstić information content (AvgIpc) is 0.756. The highest BCUT2D eigenvalue weighted by Crippen LogP contribution is 2.41. The molecule has 0 saturated heterocycles. The molecule has 0 aromatic heterocycles. The standard InChI is InChI=1S/C64H68N10O19S4/c1-89-45-15-23-49(24-16-45)96(85,86)73(41-61(67)77)57-29-27-55(51-7-3-5-9-53(51)57)71(39-59(65)75)94(81,82)47-19-11-43(12-20-47)69-63(79)31-33-91-35-37-93-38-36-92-34-32-64(80)70-44-13-21-48(22-14-44)95(83,84)72(40-60(66)76)56-28-30-58(54-10-6-4-8-52(54)56)74(42-62(68)78)97(87,88)50-25-17-46(90-2)18-26-50/h3-30H,31-42H2,1-2H3,(H2,65,75)(H2,66,76)(H2,67,77)(H2,68,78)(H,69,79)(H,70,80). The molecule has 512 valence electrons. The van der Waals surface area contributed by atoms with Gasteiger partial charge in [0.2, 0.25) is 35.4 Å². The minimum atomic E-state index is -4.59. The average molecular weight is 1410 g/mol. The van der Waals surface area contributed by atoms with Gasteiger partial charge in [0.25, 0.3) is 40.1 Å². The Labute approximate surface area is 558 Å². The quantitative estimate of drug-likeness (QED) is 0.0300. The lowest BCUT2D eigenvalue weighted by Gasteiger charge is -2.28. The van der Waals surface area contributed by atoms with Gasteiger partial charge in [-0.05, 0) is 121 Å². The van der Waals surface area contributed by atoms with Gasteiger partial charge in [-0.15, -0.1) is 0 Å². The predicted molar refractivity (Wildman–Crippen MR) is 361 cm³/mol. The zero-order valence-corrected chi connectivity index (χ0v) is 55.4. The van der Waals surface area contributed by atoms with Crippen LogP contribution in [-0.4, -0.2) is 149 Å². The van der Waals surface area contributed by atoms with Crippen molar-refractivity contribution in [3.63, 3.8) is 0 Å². The summed E-state index contributed by atoms with van der Waals surface area (Å²) < 4.78 is 144. The van der Waals surface area contributed by atoms with E-state index >= 15 is 0 Å². The third-order valence-electron chi connectivity index (χ3n) is 14.5. The molecule has 6 amide bonds. The smallest absolute Gasteiger partial charge is 0.264 e. The lowest BCUT2D eigenvalue weighted by atomic mass is 10.1. The highest BCUT2D eigenvalue weighted by molar-refractivity contribution is 7.93. The Bertz CT molecular complexity index is 4390. The summed E-state index contributed by atoms with van der Waals surface area (Å²) in [5, 5.41) is 6.04. The maximum atomic E-state index is 14.3. The second-order valence-corrected chi connectivity index (χ2v) is 28.5. The van der Waals surface area contributed by atoms with Crippen molar-refractivity contribution in [3.05, 3.63) is 170 Å². The first kappa shape index (κ1) is 72.4. The highest BCUT2D eigenvalue weighted by Gasteiger charge is 2.35. The zero-order valence-electron chi connectivity index (χ0n) is 52.1. The second kappa shape index (κ2) is 31.9. The molecule has 10 N–H and O–H groups in total. The number of carbonyl (C=O) groups is 6. The number of methoxy groups -OCH3 is 2. The summed E-state index contributed by atoms with van der Waals surface area (Å²) in [4.78, 5) is 74.3. The number of nitrogens with one attached hydrogen (secondary N) is 2. The Morgan fingerprint density at radius 1 is 0.330 bits per heavy atom. The monoisotopic (exact) mass is 1410 g/mol. The van der Waals surface area contributed by atoms with Crippen LogP contribution in [0.25, 0.3) is 21.5 Å². The number of sulfonamides is 4. The Morgan fingerprint density at radius 3 is 0.784 bits per heavy atom. The van der Waals surface area contributed by atoms with E-state index in [1.54, 1.807) is 24.3 Å². The first-order chi connectivity index (χ1) is 46.2. The van der Waals surface area contributed by atoms with Crippen molar-refractivity contribution in [1.82, 2.24) is 0 Å². The summed E-state index contributed by atoms with van der Waals surface area (Å²) >= 11 is 0. The summed E-state index contributed by atoms with van der Waals surface area (Å²) in [5.74, 6) is -4.15. The largest absolute Gasteiger partial charge is 0.497 e. The lowest BCUT2D eigenvalue weighted by Crippen LogP contribution is -2.39. The number of hydrogen-bond acceptors (Lipinski definition) is 19. The van der Waals surface area contributed by atoms with E-state index in [4.69, 9.17) is 46.6 Å². The van der Waals surface area contributed by atoms with Crippen LogP contribution in [0.5, 0.6) is 11.5 Å². The van der Waals surface area contributed by atoms with Crippen molar-refractivity contribution in [2.45, 2.75) is 32.4 Å². The van der Waals surface area contributed by atoms with E-state index in [1.165, 1.54) is 160 Å². The normalized spacial score (nSPS) is 11.7. The van der Waals surface area contributed by atoms with Gasteiger partial charge in [-0.1, -0.05) is 48.5 Å². The topological polar surface area (TPSA) is 426 Å². The zero-order chi connectivity index (χ0) is 70.2. The van der Waals surface area contributed by atoms with Crippen LogP contribution in [0, 0.1) is 0 Å². The minimum absolute atomic E-state index is 0.000305. The van der Waals surface area contributed by atoms with E-state index in [-0.39, 0.29) is 128 Å². The first-order valence-electron chi connectivity index (χ1n) is 29.3. The Hall–Kier alpha value is -10.4. The van der Waals surface area contributed by atoms with E-state index in [2.05, 4.69) is 10.6 Å². The van der Waals surface area contributed by atoms with E-state index in [0.29, 0.717) is 11.5 Å². The number of ether oxygens (including phenoxy) is 5. The molecule has 29 nitrogen and oxygen atoms in total. The van der Waals surface area contributed by atoms with Crippen molar-refractivity contribution in [1.29, 1.82) is 0 Å². The highest BCUT2D eigenvalue weighted by atomic mass is 32.2. The lowest BCUT2D eigenvalue weighted by molar-refractivity contribution is -0.118. The third-order valence-corrected chi connectivity index (χ3v) is 21.6. The van der Waals surface area contributed by atoms with Gasteiger partial charge in [-0.25, -0.2) is 33.7 Å². The summed E-state index contributed by atoms with van der Waals surface area (Å²) in [6.07, 6.45) is -0.169. The molecule has 0 aliphatic carbocycles. The van der Waals surface area contributed by atoms with Gasteiger partial charge in [0, 0.05) is 32.9 Å². The van der Waals surface area contributed by atoms with E-state index in [0.717, 1.165) is 17.2 Å². The van der Waals surface area contributed by atoms with E-state index in [9.17, 15) is 62.4 Å². The molecule has 0 aliphatic heterocycles. The molecule has 0 fully saturated rings. The van der Waals surface area contributed by atoms with E-state index < -0.39 is 102 Å². The van der Waals surface area contributed by atoms with Gasteiger partial charge in [-0.3, -0.25) is 46.0 Å². The van der Waals surface area contributed by atoms with Crippen molar-refractivity contribution < 1.29 is 86.1 Å². The van der Waals surface area contributed by atoms with Crippen molar-refractivity contribution in [3.8, 4) is 11.5 Å². The molecule has 8 aromatic carbocycles. The SMILES string of the molecule is COc1ccc(S(=O)(=O)N(CC(N)=O)c2ccc(N(CC(N)=O)S(=O)(=O)c3ccc(NC(=O)CCOCCOCCOCCC(=O)Nc4ccc(S(=O)(=O)N(CC(N)=O)c5ccc(N(CC(N)=O)S(=O)(=O)c6ccc(OC)cc6)c6ccccc56)cc4)cc3)c3ccccc23)cc1. The number of benzene rings is 8. The van der Waals surface area contributed by atoms with Gasteiger partial charge in [0.1, 0.15) is 37.7 Å². The van der Waals surface area contributed by atoms with Crippen LogP contribution in [-0.2, 0) is 83.1 Å². The number of nitrogens with two attached hydrogens (primary N) is 4. The maximum Gasteiger partial charge on any atom is 0.264 e. The number of rotatable bonds is 36. The Morgan fingerprint density at radius 2 is 0.557 bits per heavy atom. The van der Waals surface area contributed by atoms with Gasteiger partial charge >= 0.3 is 0 Å². The van der Waals surface area contributed by atoms with Crippen LogP contribution < -0.4 is 60.3 Å². The van der Waals surface area contributed by atoms with Crippen molar-refractivity contribution in [2.75, 3.05) is 108 Å². The third kappa shape index (κ3) is 17.7. The maximum absolute atomic E-state index is 14.3. The number of anilines is 6. The Balaban J connectivity index is 0.777. The number of primary amides is 4. The molecule has 33 heteroatoms. The van der Waals surface area contributed by atoms with Gasteiger partial charge in [-0.2, -0.15) is 0 Å². The fourth-order valence-electron chi connectivity index (χ4n) is 9.91. The minimum Gasteiger partial charge on any atom is -0.497 e. The molecule has 0 saturated carbocycles. The van der Waals surface area contributed by atoms with Crippen molar-refractivity contribution in [2.24, 2.45) is 22.9 Å². The van der Waals surface area contributed by atoms with Crippen molar-refractivity contribution >= 4 is 131 Å². The number of amides is 6. The molecular weight excluding hydrogens is 1340 g/mol. The second-order valence-electron chi connectivity index (χ2n) is 21.0. The Kier molecular flexibility index (Phi) is 23.8. The first-order valence-corrected chi connectivity index (χ1v) is 35.0. The van der Waals surface area contributed by atoms with Crippen LogP contribution in [0.1, 0.15) is 12.8 Å². The number of carbonyl (C=O) groups excluding carboxylic acids is 6. The van der Waals surface area contributed by atoms with Crippen LogP contribution >= 0.6 is 0 Å². The molecule has 8 aromatic rings. The van der Waals surface area contributed by atoms with Crippen LogP contribution in [0.2, 0.25) is 0 Å². The molecule has 0 spiro atoms. The van der Waals surface area contributed by atoms with Gasteiger partial charge in [0.05, 0.1) is 109 Å². The molecule has 0 heterocycles. The molecular formula is C64H68N10O19S4. The molecule has 0 radical (unpaired) electrons. The molecule has 97 heavy (non-hydrogen) atoms. The number of fused-ring (bicyclic) bond motifs is 2. The summed E-state index contributed by atoms with van der Waals surface area (Å²) in [7, 11) is -15.3. The fraction of sp³-hybridized carbons (Fsp3) is 0.219. The molecule has 0 atom stereocenters. The predicted octanol–water partition coefficient (Wildman–Crippen LogP) is 4.14. The number of hydrogen-bond donors (Lipinski definition) is 6. The van der Waals surface area contributed by atoms with Gasteiger partial charge in [0.15, 0.2) is 0 Å². The number of nitrogens with zero attached hydrogens (tertiary/aromatic N) is 4. The molecule has 0 bridgehead atoms. The summed E-state index contributed by atoms with van der Waals surface area (Å²) in [5.41, 5.74) is 22.6. The molecule has 0 aliphatic rings. The molecule has 0 unspecified atom stereocenters. The van der Waals surface area contributed by atoms with E-state index in [1.807, 2.05) is 0 Å². The van der Waals surface area contributed by atoms with Crippen LogP contribution in [0.3, 0.4) is 0 Å². The van der Waals surface area contributed by atoms with Crippen LogP contribution in [0.4, 0.5) is 34.1 Å². The summed E-state index contributed by atoms with van der Waals surface area (Å²) in [6, 6.07) is 38.6. The molecule has 8 rings (SSSR count). The van der Waals surface area contributed by atoms with Gasteiger partial charge < -0.3 is 57.3 Å². The fourth-order valence-corrected chi connectivity index (χ4v) is 15.7.